The Bertz CT molecular complexity index is 880. The molecule has 3 N–H and O–H groups in total. The van der Waals surface area contributed by atoms with E-state index < -0.39 is 0 Å². The maximum Gasteiger partial charge on any atom is 0.291 e. The zero-order valence-corrected chi connectivity index (χ0v) is 13.8. The van der Waals surface area contributed by atoms with Crippen molar-refractivity contribution in [1.82, 2.24) is 0 Å². The van der Waals surface area contributed by atoms with Crippen LogP contribution in [0.4, 0.5) is 21.5 Å². The van der Waals surface area contributed by atoms with Crippen molar-refractivity contribution in [2.24, 2.45) is 0 Å². The first kappa shape index (κ1) is 16.7. The molecule has 126 valence electrons. The standard InChI is InChI=1S/C18H14FN3O2S/c19-12-3-1-4-15(11-12)22-18(25)21-14-8-6-13(7-9-14)20-17(23)16-5-2-10-24-16/h1-11H,(H,20,23)(H2,21,22,25). The molecule has 1 aromatic heterocycles. The first-order chi connectivity index (χ1) is 12.1. The number of hydrogen-bond acceptors (Lipinski definition) is 3. The van der Waals surface area contributed by atoms with E-state index in [-0.39, 0.29) is 17.5 Å². The van der Waals surface area contributed by atoms with Gasteiger partial charge in [-0.1, -0.05) is 6.07 Å². The van der Waals surface area contributed by atoms with Crippen molar-refractivity contribution >= 4 is 40.3 Å². The average molecular weight is 355 g/mol. The van der Waals surface area contributed by atoms with Crippen molar-refractivity contribution in [3.8, 4) is 0 Å². The van der Waals surface area contributed by atoms with Gasteiger partial charge in [0.05, 0.1) is 6.26 Å². The van der Waals surface area contributed by atoms with Crippen LogP contribution in [0.2, 0.25) is 0 Å². The predicted molar refractivity (Wildman–Crippen MR) is 99.3 cm³/mol. The summed E-state index contributed by atoms with van der Waals surface area (Å²) in [6.45, 7) is 0. The van der Waals surface area contributed by atoms with Crippen LogP contribution in [0.15, 0.2) is 71.3 Å². The molecule has 1 amide bonds. The minimum Gasteiger partial charge on any atom is -0.459 e. The highest BCUT2D eigenvalue weighted by Gasteiger charge is 2.08. The first-order valence-electron chi connectivity index (χ1n) is 7.39. The van der Waals surface area contributed by atoms with E-state index in [0.29, 0.717) is 16.5 Å². The van der Waals surface area contributed by atoms with Crippen LogP contribution in [0.25, 0.3) is 0 Å². The van der Waals surface area contributed by atoms with Crippen LogP contribution >= 0.6 is 12.2 Å². The lowest BCUT2D eigenvalue weighted by molar-refractivity contribution is 0.0996. The second-order valence-electron chi connectivity index (χ2n) is 5.10. The number of benzene rings is 2. The maximum atomic E-state index is 13.2. The predicted octanol–water partition coefficient (Wildman–Crippen LogP) is 4.48. The second kappa shape index (κ2) is 7.59. The third-order valence-corrected chi connectivity index (χ3v) is 3.43. The summed E-state index contributed by atoms with van der Waals surface area (Å²) in [5.74, 6) is -0.430. The molecule has 0 unspecified atom stereocenters. The Balaban J connectivity index is 1.57. The molecule has 0 radical (unpaired) electrons. The Morgan fingerprint density at radius 2 is 1.56 bits per heavy atom. The number of thiocarbonyl (C=S) groups is 1. The van der Waals surface area contributed by atoms with Crippen LogP contribution in [0.5, 0.6) is 0 Å². The van der Waals surface area contributed by atoms with Crippen molar-refractivity contribution in [2.75, 3.05) is 16.0 Å². The number of nitrogens with one attached hydrogen (secondary N) is 3. The van der Waals surface area contributed by atoms with E-state index in [4.69, 9.17) is 16.6 Å². The van der Waals surface area contributed by atoms with Crippen LogP contribution in [-0.2, 0) is 0 Å². The van der Waals surface area contributed by atoms with Crippen LogP contribution in [0.1, 0.15) is 10.6 Å². The average Bonchev–Trinajstić information content (AvgIpc) is 3.11. The van der Waals surface area contributed by atoms with E-state index >= 15 is 0 Å². The molecule has 5 nitrogen and oxygen atoms in total. The third kappa shape index (κ3) is 4.65. The van der Waals surface area contributed by atoms with Gasteiger partial charge in [0.15, 0.2) is 10.9 Å². The number of amides is 1. The molecule has 0 spiro atoms. The summed E-state index contributed by atoms with van der Waals surface area (Å²) in [5.41, 5.74) is 1.90. The highest BCUT2D eigenvalue weighted by Crippen LogP contribution is 2.16. The fourth-order valence-electron chi connectivity index (χ4n) is 2.10. The highest BCUT2D eigenvalue weighted by atomic mass is 32.1. The molecule has 25 heavy (non-hydrogen) atoms. The zero-order valence-electron chi connectivity index (χ0n) is 13.0. The number of hydrogen-bond donors (Lipinski definition) is 3. The summed E-state index contributed by atoms with van der Waals surface area (Å²) in [7, 11) is 0. The van der Waals surface area contributed by atoms with Gasteiger partial charge in [0.25, 0.3) is 5.91 Å². The molecular weight excluding hydrogens is 341 g/mol. The Kier molecular flexibility index (Phi) is 5.06. The minimum absolute atomic E-state index is 0.239. The van der Waals surface area contributed by atoms with Crippen LogP contribution < -0.4 is 16.0 Å². The van der Waals surface area contributed by atoms with Crippen LogP contribution in [0, 0.1) is 5.82 Å². The fraction of sp³-hybridized carbons (Fsp3) is 0. The van der Waals surface area contributed by atoms with Gasteiger partial charge in [-0.3, -0.25) is 4.79 Å². The lowest BCUT2D eigenvalue weighted by Gasteiger charge is -2.11. The molecule has 0 aliphatic heterocycles. The Labute approximate surface area is 148 Å². The van der Waals surface area contributed by atoms with Crippen molar-refractivity contribution in [2.45, 2.75) is 0 Å². The fourth-order valence-corrected chi connectivity index (χ4v) is 2.33. The minimum atomic E-state index is -0.343. The quantitative estimate of drug-likeness (QED) is 0.602. The molecular formula is C18H14FN3O2S. The van der Waals surface area contributed by atoms with Gasteiger partial charge in [-0.05, 0) is 66.8 Å². The molecule has 3 rings (SSSR count). The van der Waals surface area contributed by atoms with Crippen molar-refractivity contribution in [3.05, 3.63) is 78.5 Å². The molecule has 0 aliphatic rings. The highest BCUT2D eigenvalue weighted by molar-refractivity contribution is 7.80. The van der Waals surface area contributed by atoms with Crippen molar-refractivity contribution < 1.29 is 13.6 Å². The zero-order chi connectivity index (χ0) is 17.6. The van der Waals surface area contributed by atoms with Gasteiger partial charge in [-0.2, -0.15) is 0 Å². The number of rotatable bonds is 4. The largest absolute Gasteiger partial charge is 0.459 e. The van der Waals surface area contributed by atoms with Crippen molar-refractivity contribution in [3.63, 3.8) is 0 Å². The number of carbonyl (C=O) groups is 1. The van der Waals surface area contributed by atoms with E-state index in [1.54, 1.807) is 48.5 Å². The van der Waals surface area contributed by atoms with Gasteiger partial charge in [0, 0.05) is 17.1 Å². The van der Waals surface area contributed by atoms with Crippen molar-refractivity contribution in [1.29, 1.82) is 0 Å². The van der Waals surface area contributed by atoms with Gasteiger partial charge >= 0.3 is 0 Å². The van der Waals surface area contributed by atoms with Gasteiger partial charge < -0.3 is 20.4 Å². The van der Waals surface area contributed by atoms with E-state index in [1.807, 2.05) is 0 Å². The molecule has 0 bridgehead atoms. The lowest BCUT2D eigenvalue weighted by atomic mass is 10.2. The van der Waals surface area contributed by atoms with E-state index in [9.17, 15) is 9.18 Å². The second-order valence-corrected chi connectivity index (χ2v) is 5.51. The molecule has 0 aliphatic carbocycles. The van der Waals surface area contributed by atoms with E-state index in [2.05, 4.69) is 16.0 Å². The van der Waals surface area contributed by atoms with Gasteiger partial charge in [0.1, 0.15) is 5.82 Å². The molecule has 0 atom stereocenters. The molecule has 0 saturated heterocycles. The summed E-state index contributed by atoms with van der Waals surface area (Å²) in [6, 6.07) is 16.2. The number of anilines is 3. The lowest BCUT2D eigenvalue weighted by Crippen LogP contribution is -2.19. The SMILES string of the molecule is O=C(Nc1ccc(NC(=S)Nc2cccc(F)c2)cc1)c1ccco1. The van der Waals surface area contributed by atoms with Gasteiger partial charge in [0.2, 0.25) is 0 Å². The molecule has 3 aromatic rings. The Morgan fingerprint density at radius 3 is 2.20 bits per heavy atom. The molecule has 0 fully saturated rings. The third-order valence-electron chi connectivity index (χ3n) is 3.23. The monoisotopic (exact) mass is 355 g/mol. The maximum absolute atomic E-state index is 13.2. The Hall–Kier alpha value is -3.19. The van der Waals surface area contributed by atoms with E-state index in [1.165, 1.54) is 18.4 Å². The number of halogens is 1. The molecule has 2 aromatic carbocycles. The summed E-state index contributed by atoms with van der Waals surface area (Å²) >= 11 is 5.19. The summed E-state index contributed by atoms with van der Waals surface area (Å²) in [5, 5.41) is 8.93. The molecule has 7 heteroatoms. The normalized spacial score (nSPS) is 10.1. The van der Waals surface area contributed by atoms with Crippen LogP contribution in [0.3, 0.4) is 0 Å². The summed E-state index contributed by atoms with van der Waals surface area (Å²) in [6.07, 6.45) is 1.44. The van der Waals surface area contributed by atoms with Gasteiger partial charge in [-0.25, -0.2) is 4.39 Å². The van der Waals surface area contributed by atoms with Gasteiger partial charge in [-0.15, -0.1) is 0 Å². The molecule has 0 saturated carbocycles. The summed E-state index contributed by atoms with van der Waals surface area (Å²) < 4.78 is 18.2. The number of furan rings is 1. The van der Waals surface area contributed by atoms with E-state index in [0.717, 1.165) is 5.69 Å². The smallest absolute Gasteiger partial charge is 0.291 e. The topological polar surface area (TPSA) is 66.3 Å². The molecule has 1 heterocycles. The van der Waals surface area contributed by atoms with Crippen LogP contribution in [-0.4, -0.2) is 11.0 Å². The number of carbonyl (C=O) groups excluding carboxylic acids is 1. The summed E-state index contributed by atoms with van der Waals surface area (Å²) in [4.78, 5) is 11.9. The first-order valence-corrected chi connectivity index (χ1v) is 7.79. The Morgan fingerprint density at radius 1 is 0.880 bits per heavy atom.